The van der Waals surface area contributed by atoms with Crippen molar-refractivity contribution in [3.8, 4) is 5.69 Å². The number of aromatic nitrogens is 2. The van der Waals surface area contributed by atoms with E-state index >= 15 is 0 Å². The van der Waals surface area contributed by atoms with Gasteiger partial charge in [0, 0.05) is 11.6 Å². The van der Waals surface area contributed by atoms with Crippen molar-refractivity contribution in [2.24, 2.45) is 17.8 Å². The summed E-state index contributed by atoms with van der Waals surface area (Å²) >= 11 is 12.4. The number of para-hydroxylation sites is 2. The van der Waals surface area contributed by atoms with Crippen LogP contribution >= 0.6 is 23.2 Å². The highest BCUT2D eigenvalue weighted by molar-refractivity contribution is 6.42. The van der Waals surface area contributed by atoms with E-state index in [1.54, 1.807) is 34.9 Å². The first-order valence-corrected chi connectivity index (χ1v) is 13.7. The number of fused-ring (bicyclic) bond motifs is 8. The summed E-state index contributed by atoms with van der Waals surface area (Å²) in [5.41, 5.74) is 0.987. The number of carbonyl (C=O) groups is 2. The third kappa shape index (κ3) is 3.21. The number of halogens is 2. The van der Waals surface area contributed by atoms with E-state index in [-0.39, 0.29) is 34.4 Å². The van der Waals surface area contributed by atoms with Crippen LogP contribution in [0.3, 0.4) is 0 Å². The molecule has 4 heterocycles. The zero-order chi connectivity index (χ0) is 27.2. The fraction of sp³-hybridized carbons (Fsp3) is 0.267. The SMILES string of the molecule is CC(C)C[C@@H]1N[C@@]2(c3ccccc3-n3c2nc2ccccc2c3=O)[C@H]2C(=O)N(c3ccc(Cl)c(Cl)c3)C(=O)[C@@H]12. The number of carbonyl (C=O) groups excluding carboxylic acids is 2. The molecule has 1 N–H and O–H groups in total. The molecular weight excluding hydrogens is 535 g/mol. The summed E-state index contributed by atoms with van der Waals surface area (Å²) in [7, 11) is 0. The van der Waals surface area contributed by atoms with Gasteiger partial charge in [0.2, 0.25) is 11.8 Å². The number of hydrogen-bond donors (Lipinski definition) is 1. The van der Waals surface area contributed by atoms with Gasteiger partial charge in [0.05, 0.1) is 44.2 Å². The Labute approximate surface area is 234 Å². The molecule has 3 aliphatic heterocycles. The molecule has 1 aromatic heterocycles. The lowest BCUT2D eigenvalue weighted by Crippen LogP contribution is -2.50. The molecule has 196 valence electrons. The Morgan fingerprint density at radius 3 is 2.46 bits per heavy atom. The Morgan fingerprint density at radius 2 is 1.69 bits per heavy atom. The van der Waals surface area contributed by atoms with Gasteiger partial charge in [-0.3, -0.25) is 24.3 Å². The van der Waals surface area contributed by atoms with E-state index < -0.39 is 17.4 Å². The first-order valence-electron chi connectivity index (χ1n) is 13.0. The number of nitrogens with one attached hydrogen (secondary N) is 1. The predicted molar refractivity (Wildman–Crippen MR) is 150 cm³/mol. The van der Waals surface area contributed by atoms with Crippen LogP contribution in [0, 0.1) is 17.8 Å². The Bertz CT molecular complexity index is 1780. The van der Waals surface area contributed by atoms with Gasteiger partial charge < -0.3 is 0 Å². The molecule has 2 amide bonds. The lowest BCUT2D eigenvalue weighted by Gasteiger charge is -2.32. The molecule has 0 radical (unpaired) electrons. The molecule has 7 nitrogen and oxygen atoms in total. The second kappa shape index (κ2) is 8.49. The maximum atomic E-state index is 14.4. The summed E-state index contributed by atoms with van der Waals surface area (Å²) in [6.45, 7) is 4.18. The molecule has 4 aromatic rings. The second-order valence-corrected chi connectivity index (χ2v) is 11.7. The zero-order valence-electron chi connectivity index (χ0n) is 21.2. The smallest absolute Gasteiger partial charge is 0.266 e. The summed E-state index contributed by atoms with van der Waals surface area (Å²) < 4.78 is 1.61. The van der Waals surface area contributed by atoms with Gasteiger partial charge >= 0.3 is 0 Å². The quantitative estimate of drug-likeness (QED) is 0.355. The number of rotatable bonds is 3. The topological polar surface area (TPSA) is 84.3 Å². The van der Waals surface area contributed by atoms with Crippen molar-refractivity contribution in [3.63, 3.8) is 0 Å². The molecule has 2 saturated heterocycles. The molecule has 3 aromatic carbocycles. The molecule has 3 aliphatic rings. The van der Waals surface area contributed by atoms with Crippen molar-refractivity contribution < 1.29 is 9.59 Å². The number of hydrogen-bond acceptors (Lipinski definition) is 5. The highest BCUT2D eigenvalue weighted by Crippen LogP contribution is 2.56. The number of benzene rings is 3. The Balaban J connectivity index is 1.51. The first-order chi connectivity index (χ1) is 18.7. The van der Waals surface area contributed by atoms with Crippen molar-refractivity contribution in [2.75, 3.05) is 4.90 Å². The molecule has 7 rings (SSSR count). The van der Waals surface area contributed by atoms with Crippen LogP contribution < -0.4 is 15.8 Å². The van der Waals surface area contributed by atoms with Crippen LogP contribution in [-0.2, 0) is 15.1 Å². The minimum absolute atomic E-state index is 0.205. The van der Waals surface area contributed by atoms with Gasteiger partial charge in [0.25, 0.3) is 5.56 Å². The molecule has 1 spiro atoms. The van der Waals surface area contributed by atoms with Gasteiger partial charge in [0.1, 0.15) is 11.4 Å². The lowest BCUT2D eigenvalue weighted by molar-refractivity contribution is -0.123. The van der Waals surface area contributed by atoms with Crippen molar-refractivity contribution in [2.45, 2.75) is 31.8 Å². The summed E-state index contributed by atoms with van der Waals surface area (Å²) in [5, 5.41) is 4.81. The highest BCUT2D eigenvalue weighted by atomic mass is 35.5. The van der Waals surface area contributed by atoms with Crippen LogP contribution in [0.5, 0.6) is 0 Å². The number of imide groups is 1. The molecular formula is C30H24Cl2N4O3. The molecule has 2 fully saturated rings. The van der Waals surface area contributed by atoms with Crippen LogP contribution in [0.25, 0.3) is 16.6 Å². The van der Waals surface area contributed by atoms with E-state index in [4.69, 9.17) is 28.2 Å². The number of amides is 2. The Hall–Kier alpha value is -3.52. The Kier molecular flexibility index (Phi) is 5.34. The van der Waals surface area contributed by atoms with Gasteiger partial charge in [-0.15, -0.1) is 0 Å². The van der Waals surface area contributed by atoms with E-state index in [1.165, 1.54) is 4.90 Å². The minimum Gasteiger partial charge on any atom is -0.297 e. The van der Waals surface area contributed by atoms with Crippen LogP contribution in [0.15, 0.2) is 71.5 Å². The minimum atomic E-state index is -1.16. The molecule has 0 aliphatic carbocycles. The van der Waals surface area contributed by atoms with Gasteiger partial charge in [-0.2, -0.15) is 0 Å². The van der Waals surface area contributed by atoms with Crippen molar-refractivity contribution in [1.29, 1.82) is 0 Å². The zero-order valence-corrected chi connectivity index (χ0v) is 22.7. The average molecular weight is 559 g/mol. The summed E-state index contributed by atoms with van der Waals surface area (Å²) in [6.07, 6.45) is 0.664. The molecule has 4 atom stereocenters. The van der Waals surface area contributed by atoms with Crippen LogP contribution in [0.2, 0.25) is 10.0 Å². The monoisotopic (exact) mass is 558 g/mol. The molecule has 0 bridgehead atoms. The third-order valence-electron chi connectivity index (χ3n) is 8.25. The van der Waals surface area contributed by atoms with E-state index in [0.717, 1.165) is 5.56 Å². The first kappa shape index (κ1) is 24.5. The highest BCUT2D eigenvalue weighted by Gasteiger charge is 2.69. The lowest BCUT2D eigenvalue weighted by atomic mass is 9.75. The van der Waals surface area contributed by atoms with Crippen molar-refractivity contribution in [1.82, 2.24) is 14.9 Å². The van der Waals surface area contributed by atoms with Gasteiger partial charge in [-0.25, -0.2) is 9.88 Å². The molecule has 0 saturated carbocycles. The van der Waals surface area contributed by atoms with Crippen LogP contribution in [-0.4, -0.2) is 27.4 Å². The maximum Gasteiger partial charge on any atom is 0.266 e. The number of nitrogens with zero attached hydrogens (tertiary/aromatic N) is 3. The maximum absolute atomic E-state index is 14.4. The van der Waals surface area contributed by atoms with Crippen molar-refractivity contribution >= 4 is 51.6 Å². The van der Waals surface area contributed by atoms with E-state index in [0.29, 0.717) is 39.5 Å². The number of anilines is 1. The van der Waals surface area contributed by atoms with Gasteiger partial charge in [0.15, 0.2) is 0 Å². The second-order valence-electron chi connectivity index (χ2n) is 10.9. The largest absolute Gasteiger partial charge is 0.297 e. The van der Waals surface area contributed by atoms with Gasteiger partial charge in [-0.1, -0.05) is 67.4 Å². The Morgan fingerprint density at radius 1 is 0.949 bits per heavy atom. The summed E-state index contributed by atoms with van der Waals surface area (Å²) in [5.74, 6) is -1.43. The molecule has 0 unspecified atom stereocenters. The van der Waals surface area contributed by atoms with E-state index in [2.05, 4.69) is 19.2 Å². The predicted octanol–water partition coefficient (Wildman–Crippen LogP) is 5.07. The van der Waals surface area contributed by atoms with Crippen LogP contribution in [0.1, 0.15) is 31.7 Å². The van der Waals surface area contributed by atoms with Gasteiger partial charge in [-0.05, 0) is 48.7 Å². The third-order valence-corrected chi connectivity index (χ3v) is 8.99. The van der Waals surface area contributed by atoms with Crippen LogP contribution in [0.4, 0.5) is 5.69 Å². The van der Waals surface area contributed by atoms with Crippen molar-refractivity contribution in [3.05, 3.63) is 98.5 Å². The fourth-order valence-electron chi connectivity index (χ4n) is 6.81. The summed E-state index contributed by atoms with van der Waals surface area (Å²) in [4.78, 5) is 48.7. The van der Waals surface area contributed by atoms with E-state index in [1.807, 2.05) is 36.4 Å². The average Bonchev–Trinajstić information content (AvgIpc) is 3.49. The molecule has 39 heavy (non-hydrogen) atoms. The fourth-order valence-corrected chi connectivity index (χ4v) is 7.10. The standard InChI is InChI=1S/C30H24Cl2N4O3/c1-15(2)13-22-24-25(28(39)35(27(24)38)16-11-12-19(31)20(32)14-16)30(34-22)18-8-4-6-10-23(18)36-26(37)17-7-3-5-9-21(17)33-29(30)36/h3-12,14-15,22,24-25,34H,13H2,1-2H3/t22-,24-,25+,30-/m0/s1. The summed E-state index contributed by atoms with van der Waals surface area (Å²) in [6, 6.07) is 19.2. The van der Waals surface area contributed by atoms with E-state index in [9.17, 15) is 14.4 Å². The molecule has 9 heteroatoms. The normalized spacial score (nSPS) is 25.2.